The molecule has 1 aliphatic rings. The minimum atomic E-state index is 0.118. The van der Waals surface area contributed by atoms with Crippen molar-refractivity contribution in [3.05, 3.63) is 23.9 Å². The van der Waals surface area contributed by atoms with Gasteiger partial charge in [0.2, 0.25) is 0 Å². The van der Waals surface area contributed by atoms with E-state index in [1.165, 1.54) is 0 Å². The molecule has 2 heterocycles. The molecule has 0 aliphatic carbocycles. The lowest BCUT2D eigenvalue weighted by Gasteiger charge is -2.24. The molecule has 15 heavy (non-hydrogen) atoms. The Morgan fingerprint density at radius 3 is 3.27 bits per heavy atom. The number of aromatic nitrogens is 1. The van der Waals surface area contributed by atoms with Gasteiger partial charge in [0.1, 0.15) is 11.9 Å². The van der Waals surface area contributed by atoms with Gasteiger partial charge in [-0.3, -0.25) is 0 Å². The zero-order chi connectivity index (χ0) is 10.7. The van der Waals surface area contributed by atoms with Gasteiger partial charge in [0, 0.05) is 12.7 Å². The van der Waals surface area contributed by atoms with Gasteiger partial charge in [-0.15, -0.1) is 0 Å². The number of anilines is 1. The fourth-order valence-electron chi connectivity index (χ4n) is 2.02. The van der Waals surface area contributed by atoms with Crippen LogP contribution in [0.5, 0.6) is 0 Å². The van der Waals surface area contributed by atoms with Gasteiger partial charge < -0.3 is 10.0 Å². The Hall–Kier alpha value is -1.60. The molecular formula is C11H13N3O. The van der Waals surface area contributed by atoms with Crippen LogP contribution in [0.3, 0.4) is 0 Å². The maximum absolute atomic E-state index is 9.21. The molecule has 1 aromatic heterocycles. The summed E-state index contributed by atoms with van der Waals surface area (Å²) in [4.78, 5) is 6.25. The Balaban J connectivity index is 2.33. The first-order valence-electron chi connectivity index (χ1n) is 5.09. The molecule has 78 valence electrons. The summed E-state index contributed by atoms with van der Waals surface area (Å²) in [6, 6.07) is 5.76. The average molecular weight is 203 g/mol. The number of pyridine rings is 1. The van der Waals surface area contributed by atoms with Gasteiger partial charge in [-0.05, 0) is 25.0 Å². The number of nitrogens with zero attached hydrogens (tertiary/aromatic N) is 3. The number of hydrogen-bond acceptors (Lipinski definition) is 4. The summed E-state index contributed by atoms with van der Waals surface area (Å²) >= 11 is 0. The lowest BCUT2D eigenvalue weighted by molar-refractivity contribution is 0.266. The van der Waals surface area contributed by atoms with Gasteiger partial charge in [-0.2, -0.15) is 5.26 Å². The third kappa shape index (κ3) is 1.79. The highest BCUT2D eigenvalue weighted by Crippen LogP contribution is 2.25. The number of nitriles is 1. The van der Waals surface area contributed by atoms with Gasteiger partial charge in [0.25, 0.3) is 0 Å². The fourth-order valence-corrected chi connectivity index (χ4v) is 2.02. The van der Waals surface area contributed by atoms with Gasteiger partial charge in [-0.1, -0.05) is 0 Å². The van der Waals surface area contributed by atoms with E-state index in [0.717, 1.165) is 19.4 Å². The van der Waals surface area contributed by atoms with E-state index in [4.69, 9.17) is 5.26 Å². The summed E-state index contributed by atoms with van der Waals surface area (Å²) in [7, 11) is 0. The predicted octanol–water partition coefficient (Wildman–Crippen LogP) is 0.914. The Bertz CT molecular complexity index is 386. The van der Waals surface area contributed by atoms with Crippen molar-refractivity contribution in [3.8, 4) is 6.07 Å². The Morgan fingerprint density at radius 2 is 2.53 bits per heavy atom. The normalized spacial score (nSPS) is 20.3. The van der Waals surface area contributed by atoms with Crippen molar-refractivity contribution in [2.75, 3.05) is 18.1 Å². The number of aliphatic hydroxyl groups is 1. The molecule has 1 fully saturated rings. The van der Waals surface area contributed by atoms with E-state index >= 15 is 0 Å². The maximum atomic E-state index is 9.21. The zero-order valence-corrected chi connectivity index (χ0v) is 8.43. The van der Waals surface area contributed by atoms with E-state index in [-0.39, 0.29) is 12.6 Å². The van der Waals surface area contributed by atoms with Crippen LogP contribution in [-0.4, -0.2) is 29.3 Å². The van der Waals surface area contributed by atoms with Crippen LogP contribution in [0.15, 0.2) is 18.3 Å². The van der Waals surface area contributed by atoms with Crippen LogP contribution in [0, 0.1) is 11.3 Å². The quantitative estimate of drug-likeness (QED) is 0.776. The number of rotatable bonds is 2. The smallest absolute Gasteiger partial charge is 0.146 e. The van der Waals surface area contributed by atoms with Crippen LogP contribution >= 0.6 is 0 Å². The Labute approximate surface area is 88.8 Å². The van der Waals surface area contributed by atoms with Gasteiger partial charge >= 0.3 is 0 Å². The summed E-state index contributed by atoms with van der Waals surface area (Å²) in [6.45, 7) is 0.998. The van der Waals surface area contributed by atoms with E-state index in [1.807, 2.05) is 4.90 Å². The lowest BCUT2D eigenvalue weighted by Crippen LogP contribution is -2.33. The first-order chi connectivity index (χ1) is 7.36. The molecule has 0 aromatic carbocycles. The van der Waals surface area contributed by atoms with Crippen molar-refractivity contribution in [3.63, 3.8) is 0 Å². The molecule has 1 N–H and O–H groups in total. The highest BCUT2D eigenvalue weighted by molar-refractivity contribution is 5.54. The molecule has 0 unspecified atom stereocenters. The molecule has 2 rings (SSSR count). The summed E-state index contributed by atoms with van der Waals surface area (Å²) < 4.78 is 0. The molecule has 0 amide bonds. The first kappa shape index (κ1) is 9.94. The summed E-state index contributed by atoms with van der Waals surface area (Å²) in [6.07, 6.45) is 3.70. The van der Waals surface area contributed by atoms with E-state index in [1.54, 1.807) is 18.3 Å². The predicted molar refractivity (Wildman–Crippen MR) is 56.4 cm³/mol. The van der Waals surface area contributed by atoms with Crippen molar-refractivity contribution in [2.24, 2.45) is 0 Å². The summed E-state index contributed by atoms with van der Waals surface area (Å²) in [5, 5.41) is 18.2. The van der Waals surface area contributed by atoms with Crippen LogP contribution in [-0.2, 0) is 0 Å². The number of hydrogen-bond donors (Lipinski definition) is 1. The average Bonchev–Trinajstić information content (AvgIpc) is 2.76. The second-order valence-corrected chi connectivity index (χ2v) is 3.66. The van der Waals surface area contributed by atoms with E-state index in [0.29, 0.717) is 11.4 Å². The van der Waals surface area contributed by atoms with Crippen molar-refractivity contribution in [2.45, 2.75) is 18.9 Å². The molecule has 0 radical (unpaired) electrons. The highest BCUT2D eigenvalue weighted by Gasteiger charge is 2.26. The topological polar surface area (TPSA) is 60.2 Å². The van der Waals surface area contributed by atoms with Crippen molar-refractivity contribution in [1.82, 2.24) is 4.98 Å². The van der Waals surface area contributed by atoms with Crippen molar-refractivity contribution in [1.29, 1.82) is 5.26 Å². The molecule has 0 bridgehead atoms. The SMILES string of the molecule is N#Cc1cccnc1N1CCC[C@@H]1CO. The molecule has 0 spiro atoms. The molecule has 1 aromatic rings. The highest BCUT2D eigenvalue weighted by atomic mass is 16.3. The second kappa shape index (κ2) is 4.28. The zero-order valence-electron chi connectivity index (χ0n) is 8.43. The van der Waals surface area contributed by atoms with Crippen LogP contribution in [0.4, 0.5) is 5.82 Å². The van der Waals surface area contributed by atoms with Crippen LogP contribution < -0.4 is 4.90 Å². The summed E-state index contributed by atoms with van der Waals surface area (Å²) in [5.74, 6) is 0.705. The van der Waals surface area contributed by atoms with Crippen molar-refractivity contribution >= 4 is 5.82 Å². The van der Waals surface area contributed by atoms with Crippen LogP contribution in [0.1, 0.15) is 18.4 Å². The van der Waals surface area contributed by atoms with Gasteiger partial charge in [0.05, 0.1) is 18.2 Å². The van der Waals surface area contributed by atoms with E-state index in [9.17, 15) is 5.11 Å². The molecule has 1 saturated heterocycles. The summed E-state index contributed by atoms with van der Waals surface area (Å²) in [5.41, 5.74) is 0.581. The molecule has 1 aliphatic heterocycles. The third-order valence-corrected chi connectivity index (χ3v) is 2.77. The maximum Gasteiger partial charge on any atom is 0.146 e. The second-order valence-electron chi connectivity index (χ2n) is 3.66. The third-order valence-electron chi connectivity index (χ3n) is 2.77. The minimum absolute atomic E-state index is 0.118. The minimum Gasteiger partial charge on any atom is -0.394 e. The molecule has 1 atom stereocenters. The Kier molecular flexibility index (Phi) is 2.84. The number of aliphatic hydroxyl groups excluding tert-OH is 1. The largest absolute Gasteiger partial charge is 0.394 e. The molecule has 4 heteroatoms. The van der Waals surface area contributed by atoms with Gasteiger partial charge in [0.15, 0.2) is 0 Å². The van der Waals surface area contributed by atoms with Crippen LogP contribution in [0.2, 0.25) is 0 Å². The first-order valence-corrected chi connectivity index (χ1v) is 5.09. The van der Waals surface area contributed by atoms with E-state index < -0.39 is 0 Å². The Morgan fingerprint density at radius 1 is 1.67 bits per heavy atom. The lowest BCUT2D eigenvalue weighted by atomic mass is 10.2. The standard InChI is InChI=1S/C11H13N3O/c12-7-9-3-1-5-13-11(9)14-6-2-4-10(14)8-15/h1,3,5,10,15H,2,4,6,8H2/t10-/m1/s1. The molecule has 0 saturated carbocycles. The van der Waals surface area contributed by atoms with Crippen molar-refractivity contribution < 1.29 is 5.11 Å². The van der Waals surface area contributed by atoms with E-state index in [2.05, 4.69) is 11.1 Å². The van der Waals surface area contributed by atoms with Gasteiger partial charge in [-0.25, -0.2) is 4.98 Å². The van der Waals surface area contributed by atoms with Crippen LogP contribution in [0.25, 0.3) is 0 Å². The fraction of sp³-hybridized carbons (Fsp3) is 0.455. The molecule has 4 nitrogen and oxygen atoms in total. The molecular weight excluding hydrogens is 190 g/mol. The monoisotopic (exact) mass is 203 g/mol.